The van der Waals surface area contributed by atoms with Crippen molar-refractivity contribution >= 4 is 5.91 Å². The first-order valence-electron chi connectivity index (χ1n) is 4.40. The van der Waals surface area contributed by atoms with Crippen molar-refractivity contribution in [1.82, 2.24) is 9.80 Å². The molecule has 0 radical (unpaired) electrons. The molecule has 0 spiro atoms. The number of carbonyl (C=O) groups excluding carboxylic acids is 1. The zero-order valence-electron chi connectivity index (χ0n) is 8.63. The van der Waals surface area contributed by atoms with Crippen LogP contribution in [0.2, 0.25) is 0 Å². The highest BCUT2D eigenvalue weighted by atomic mass is 16.2. The molecule has 1 heterocycles. The third kappa shape index (κ3) is 6.16. The third-order valence-electron chi connectivity index (χ3n) is 1.96. The van der Waals surface area contributed by atoms with Gasteiger partial charge in [-0.25, -0.2) is 0 Å². The largest absolute Gasteiger partial charge is 0.349 e. The highest BCUT2D eigenvalue weighted by molar-refractivity contribution is 5.72. The lowest BCUT2D eigenvalue weighted by Gasteiger charge is -2.02. The van der Waals surface area contributed by atoms with Gasteiger partial charge in [0, 0.05) is 21.0 Å². The van der Waals surface area contributed by atoms with E-state index in [-0.39, 0.29) is 5.91 Å². The number of rotatable bonds is 0. The second-order valence-electron chi connectivity index (χ2n) is 3.42. The van der Waals surface area contributed by atoms with Crippen molar-refractivity contribution in [2.45, 2.75) is 19.8 Å². The fourth-order valence-electron chi connectivity index (χ4n) is 0.875. The average molecular weight is 172 g/mol. The zero-order chi connectivity index (χ0) is 9.56. The molecule has 1 aliphatic rings. The molecule has 0 bridgehead atoms. The van der Waals surface area contributed by atoms with Crippen LogP contribution >= 0.6 is 0 Å². The van der Waals surface area contributed by atoms with Crippen molar-refractivity contribution in [3.63, 3.8) is 0 Å². The van der Waals surface area contributed by atoms with Gasteiger partial charge in [0.1, 0.15) is 0 Å². The third-order valence-corrected chi connectivity index (χ3v) is 1.96. The van der Waals surface area contributed by atoms with Crippen LogP contribution in [-0.2, 0) is 4.79 Å². The molecule has 0 N–H and O–H groups in total. The molecule has 1 fully saturated rings. The summed E-state index contributed by atoms with van der Waals surface area (Å²) in [4.78, 5) is 14.0. The van der Waals surface area contributed by atoms with Gasteiger partial charge in [0.05, 0.1) is 0 Å². The summed E-state index contributed by atoms with van der Waals surface area (Å²) >= 11 is 0. The summed E-state index contributed by atoms with van der Waals surface area (Å²) < 4.78 is 0. The van der Waals surface area contributed by atoms with Crippen LogP contribution in [0.1, 0.15) is 19.8 Å². The molecule has 1 amide bonds. The topological polar surface area (TPSA) is 23.6 Å². The quantitative estimate of drug-likeness (QED) is 0.540. The van der Waals surface area contributed by atoms with Gasteiger partial charge in [0.2, 0.25) is 5.91 Å². The number of likely N-dealkylation sites (tertiary alicyclic amines) is 1. The van der Waals surface area contributed by atoms with Gasteiger partial charge in [-0.05, 0) is 33.0 Å². The van der Waals surface area contributed by atoms with Crippen molar-refractivity contribution in [3.8, 4) is 0 Å². The SMILES string of the molecule is CC(=O)N(C)C.CN1CCCC1. The van der Waals surface area contributed by atoms with Gasteiger partial charge < -0.3 is 9.80 Å². The molecule has 0 atom stereocenters. The monoisotopic (exact) mass is 172 g/mol. The van der Waals surface area contributed by atoms with Crippen molar-refractivity contribution in [3.05, 3.63) is 0 Å². The van der Waals surface area contributed by atoms with Gasteiger partial charge in [-0.2, -0.15) is 0 Å². The summed E-state index contributed by atoms with van der Waals surface area (Å²) in [6, 6.07) is 0. The van der Waals surface area contributed by atoms with Crippen molar-refractivity contribution in [2.24, 2.45) is 0 Å². The molecular weight excluding hydrogens is 152 g/mol. The maximum atomic E-state index is 10.1. The molecule has 1 saturated heterocycles. The molecule has 0 aliphatic carbocycles. The van der Waals surface area contributed by atoms with Crippen LogP contribution in [0, 0.1) is 0 Å². The lowest BCUT2D eigenvalue weighted by Crippen LogP contribution is -2.17. The van der Waals surface area contributed by atoms with Gasteiger partial charge in [-0.1, -0.05) is 0 Å². The van der Waals surface area contributed by atoms with Crippen LogP contribution in [0.4, 0.5) is 0 Å². The Morgan fingerprint density at radius 3 is 1.67 bits per heavy atom. The second-order valence-corrected chi connectivity index (χ2v) is 3.42. The second kappa shape index (κ2) is 6.00. The van der Waals surface area contributed by atoms with E-state index in [0.717, 1.165) is 0 Å². The molecule has 0 unspecified atom stereocenters. The van der Waals surface area contributed by atoms with E-state index < -0.39 is 0 Å². The van der Waals surface area contributed by atoms with Crippen LogP contribution in [0.25, 0.3) is 0 Å². The van der Waals surface area contributed by atoms with Crippen molar-refractivity contribution in [2.75, 3.05) is 34.2 Å². The summed E-state index contributed by atoms with van der Waals surface area (Å²) in [5.41, 5.74) is 0. The Morgan fingerprint density at radius 1 is 1.25 bits per heavy atom. The van der Waals surface area contributed by atoms with E-state index in [9.17, 15) is 4.79 Å². The van der Waals surface area contributed by atoms with Gasteiger partial charge in [0.25, 0.3) is 0 Å². The maximum absolute atomic E-state index is 10.1. The minimum atomic E-state index is 0.0926. The van der Waals surface area contributed by atoms with Gasteiger partial charge in [0.15, 0.2) is 0 Å². The summed E-state index contributed by atoms with van der Waals surface area (Å²) in [6.45, 7) is 4.17. The number of carbonyl (C=O) groups is 1. The maximum Gasteiger partial charge on any atom is 0.218 e. The van der Waals surface area contributed by atoms with Gasteiger partial charge in [-0.15, -0.1) is 0 Å². The minimum absolute atomic E-state index is 0.0926. The summed E-state index contributed by atoms with van der Waals surface area (Å²) in [7, 11) is 5.62. The first-order chi connectivity index (χ1) is 5.54. The molecule has 3 heteroatoms. The number of amides is 1. The van der Waals surface area contributed by atoms with Gasteiger partial charge in [-0.3, -0.25) is 4.79 Å². The Hall–Kier alpha value is -0.570. The van der Waals surface area contributed by atoms with Crippen LogP contribution in [0.5, 0.6) is 0 Å². The van der Waals surface area contributed by atoms with E-state index in [0.29, 0.717) is 0 Å². The Morgan fingerprint density at radius 2 is 1.58 bits per heavy atom. The fourth-order valence-corrected chi connectivity index (χ4v) is 0.875. The predicted molar refractivity (Wildman–Crippen MR) is 51.1 cm³/mol. The Balaban J connectivity index is 0.000000202. The van der Waals surface area contributed by atoms with Crippen LogP contribution < -0.4 is 0 Å². The Kier molecular flexibility index (Phi) is 5.72. The molecule has 72 valence electrons. The molecule has 0 aromatic rings. The summed E-state index contributed by atoms with van der Waals surface area (Å²) in [5, 5.41) is 0. The van der Waals surface area contributed by atoms with E-state index in [2.05, 4.69) is 11.9 Å². The van der Waals surface area contributed by atoms with E-state index in [1.807, 2.05) is 0 Å². The average Bonchev–Trinajstić information content (AvgIpc) is 2.40. The normalized spacial score (nSPS) is 16.7. The molecule has 1 aliphatic heterocycles. The van der Waals surface area contributed by atoms with Crippen LogP contribution in [-0.4, -0.2) is 49.9 Å². The molecule has 0 aromatic heterocycles. The van der Waals surface area contributed by atoms with E-state index in [1.54, 1.807) is 14.1 Å². The minimum Gasteiger partial charge on any atom is -0.349 e. The van der Waals surface area contributed by atoms with E-state index in [4.69, 9.17) is 0 Å². The summed E-state index contributed by atoms with van der Waals surface area (Å²) in [5.74, 6) is 0.0926. The fraction of sp³-hybridized carbons (Fsp3) is 0.889. The smallest absolute Gasteiger partial charge is 0.218 e. The predicted octanol–water partition coefficient (Wildman–Crippen LogP) is 0.806. The molecule has 1 rings (SSSR count). The molecule has 0 saturated carbocycles. The summed E-state index contributed by atoms with van der Waals surface area (Å²) in [6.07, 6.45) is 2.83. The van der Waals surface area contributed by atoms with Crippen LogP contribution in [0.3, 0.4) is 0 Å². The van der Waals surface area contributed by atoms with Crippen molar-refractivity contribution < 1.29 is 4.79 Å². The van der Waals surface area contributed by atoms with Crippen molar-refractivity contribution in [1.29, 1.82) is 0 Å². The first kappa shape index (κ1) is 11.4. The molecular formula is C9H20N2O. The molecule has 12 heavy (non-hydrogen) atoms. The van der Waals surface area contributed by atoms with E-state index in [1.165, 1.54) is 37.8 Å². The van der Waals surface area contributed by atoms with Gasteiger partial charge >= 0.3 is 0 Å². The zero-order valence-corrected chi connectivity index (χ0v) is 8.63. The Bertz CT molecular complexity index is 128. The Labute approximate surface area is 75.3 Å². The van der Waals surface area contributed by atoms with Crippen LogP contribution in [0.15, 0.2) is 0 Å². The molecule has 0 aromatic carbocycles. The lowest BCUT2D eigenvalue weighted by atomic mass is 10.4. The first-order valence-corrected chi connectivity index (χ1v) is 4.40. The number of nitrogens with zero attached hydrogens (tertiary/aromatic N) is 2. The number of hydrogen-bond donors (Lipinski definition) is 0. The number of hydrogen-bond acceptors (Lipinski definition) is 2. The lowest BCUT2D eigenvalue weighted by molar-refractivity contribution is -0.126. The standard InChI is InChI=1S/C5H11N.C4H9NO/c1-6-4-2-3-5-6;1-4(6)5(2)3/h2-5H2,1H3;1-3H3. The highest BCUT2D eigenvalue weighted by Gasteiger charge is 2.03. The van der Waals surface area contributed by atoms with E-state index >= 15 is 0 Å². The highest BCUT2D eigenvalue weighted by Crippen LogP contribution is 2.01. The molecule has 3 nitrogen and oxygen atoms in total.